The van der Waals surface area contributed by atoms with Crippen LogP contribution in [0.25, 0.3) is 11.1 Å². The van der Waals surface area contributed by atoms with Crippen molar-refractivity contribution in [1.29, 1.82) is 0 Å². The van der Waals surface area contributed by atoms with Gasteiger partial charge in [-0.15, -0.1) is 0 Å². The second-order valence-corrected chi connectivity index (χ2v) is 11.5. The van der Waals surface area contributed by atoms with Gasteiger partial charge in [0.1, 0.15) is 23.1 Å². The van der Waals surface area contributed by atoms with Crippen molar-refractivity contribution in [2.45, 2.75) is 52.2 Å². The molecule has 4 heterocycles. The maximum atomic E-state index is 13.6. The highest BCUT2D eigenvalue weighted by Gasteiger charge is 2.61. The molecule has 3 aromatic heterocycles. The summed E-state index contributed by atoms with van der Waals surface area (Å²) < 4.78 is 30.1. The lowest BCUT2D eigenvalue weighted by molar-refractivity contribution is -0.119. The van der Waals surface area contributed by atoms with Gasteiger partial charge in [0.15, 0.2) is 0 Å². The summed E-state index contributed by atoms with van der Waals surface area (Å²) in [5.74, 6) is -5.32. The van der Waals surface area contributed by atoms with Crippen molar-refractivity contribution in [2.24, 2.45) is 18.4 Å². The van der Waals surface area contributed by atoms with E-state index in [0.29, 0.717) is 41.3 Å². The van der Waals surface area contributed by atoms with E-state index in [4.69, 9.17) is 0 Å². The zero-order valence-electron chi connectivity index (χ0n) is 21.9. The van der Waals surface area contributed by atoms with E-state index in [1.165, 1.54) is 41.3 Å². The molecule has 9 nitrogen and oxygen atoms in total. The molecule has 0 aromatic carbocycles. The molecule has 2 aliphatic carbocycles. The molecule has 3 aromatic rings. The highest BCUT2D eigenvalue weighted by atomic mass is 19.3. The van der Waals surface area contributed by atoms with Crippen LogP contribution in [0.2, 0.25) is 0 Å². The van der Waals surface area contributed by atoms with Gasteiger partial charge in [-0.05, 0) is 47.6 Å². The van der Waals surface area contributed by atoms with Crippen molar-refractivity contribution in [1.82, 2.24) is 14.1 Å². The topological polar surface area (TPSA) is 109 Å². The van der Waals surface area contributed by atoms with Gasteiger partial charge in [0.05, 0.1) is 6.61 Å². The number of nitrogens with zero attached hydrogens (tertiary/aromatic N) is 4. The first kappa shape index (κ1) is 25.4. The third-order valence-electron chi connectivity index (χ3n) is 7.97. The Bertz CT molecular complexity index is 1610. The number of pyridine rings is 2. The summed E-state index contributed by atoms with van der Waals surface area (Å²) in [6, 6.07) is 5.00. The molecule has 0 spiro atoms. The Morgan fingerprint density at radius 1 is 1.21 bits per heavy atom. The van der Waals surface area contributed by atoms with Crippen LogP contribution in [0.5, 0.6) is 0 Å². The Balaban J connectivity index is 1.35. The van der Waals surface area contributed by atoms with E-state index in [9.17, 15) is 28.3 Å². The number of aliphatic hydroxyl groups is 1. The first-order valence-electron chi connectivity index (χ1n) is 12.9. The van der Waals surface area contributed by atoms with Gasteiger partial charge in [0.2, 0.25) is 5.91 Å². The first-order chi connectivity index (χ1) is 18.4. The molecule has 2 amide bonds. The molecular formula is C28H29F2N5O4. The van der Waals surface area contributed by atoms with Gasteiger partial charge in [-0.3, -0.25) is 19.3 Å². The lowest BCUT2D eigenvalue weighted by Crippen LogP contribution is -2.41. The summed E-state index contributed by atoms with van der Waals surface area (Å²) in [4.78, 5) is 44.6. The molecule has 6 rings (SSSR count). The van der Waals surface area contributed by atoms with Crippen molar-refractivity contribution in [3.8, 4) is 11.1 Å². The number of hydrogen-bond donors (Lipinski definition) is 2. The van der Waals surface area contributed by atoms with E-state index >= 15 is 0 Å². The predicted molar refractivity (Wildman–Crippen MR) is 140 cm³/mol. The predicted octanol–water partition coefficient (Wildman–Crippen LogP) is 3.12. The Hall–Kier alpha value is -3.86. The van der Waals surface area contributed by atoms with Gasteiger partial charge in [-0.1, -0.05) is 13.8 Å². The number of hydrogen-bond acceptors (Lipinski definition) is 5. The van der Waals surface area contributed by atoms with Gasteiger partial charge in [-0.2, -0.15) is 0 Å². The van der Waals surface area contributed by atoms with Crippen LogP contribution in [0.1, 0.15) is 47.6 Å². The Morgan fingerprint density at radius 2 is 1.95 bits per heavy atom. The van der Waals surface area contributed by atoms with Crippen molar-refractivity contribution >= 4 is 23.3 Å². The van der Waals surface area contributed by atoms with Crippen LogP contribution in [0.15, 0.2) is 35.4 Å². The molecule has 1 unspecified atom stereocenters. The number of aryl methyl sites for hydroxylation is 1. The summed E-state index contributed by atoms with van der Waals surface area (Å²) in [5.41, 5.74) is 3.80. The van der Waals surface area contributed by atoms with Crippen LogP contribution in [0.3, 0.4) is 0 Å². The smallest absolute Gasteiger partial charge is 0.276 e. The van der Waals surface area contributed by atoms with E-state index in [1.807, 2.05) is 6.07 Å². The van der Waals surface area contributed by atoms with E-state index in [0.717, 1.165) is 12.8 Å². The fraction of sp³-hybridized carbons (Fsp3) is 0.429. The number of alkyl halides is 2. The Labute approximate surface area is 223 Å². The summed E-state index contributed by atoms with van der Waals surface area (Å²) in [5, 5.41) is 12.7. The number of amides is 2. The lowest BCUT2D eigenvalue weighted by atomic mass is 9.90. The minimum atomic E-state index is -3.06. The van der Waals surface area contributed by atoms with Crippen LogP contribution in [-0.4, -0.2) is 43.5 Å². The quantitative estimate of drug-likeness (QED) is 0.520. The van der Waals surface area contributed by atoms with Gasteiger partial charge in [-0.25, -0.2) is 13.8 Å². The largest absolute Gasteiger partial charge is 0.392 e. The Kier molecular flexibility index (Phi) is 5.59. The number of aliphatic hydroxyl groups excluding tert-OH is 1. The highest BCUT2D eigenvalue weighted by molar-refractivity contribution is 6.06. The second-order valence-electron chi connectivity index (χ2n) is 11.5. The molecule has 39 heavy (non-hydrogen) atoms. The van der Waals surface area contributed by atoms with E-state index in [1.54, 1.807) is 11.0 Å². The molecular weight excluding hydrogens is 508 g/mol. The summed E-state index contributed by atoms with van der Waals surface area (Å²) in [7, 11) is 1.48. The first-order valence-corrected chi connectivity index (χ1v) is 12.9. The van der Waals surface area contributed by atoms with Crippen molar-refractivity contribution in [3.63, 3.8) is 0 Å². The molecule has 0 saturated heterocycles. The standard InChI is InChI=1S/C28H29F2N5O4/c1-27(2)10-15-9-21-26(39)35(7-6-34(21)22(15)12-27)23-18(14-36)17(4-5-31-23)16-8-20(25(38)33(3)13-16)32-24(37)19-11-28(19,29)30/h4-5,8-9,13,19,36H,6-7,10-12,14H2,1-3H3,(H,32,37). The molecule has 3 aliphatic rings. The average Bonchev–Trinajstić information content (AvgIpc) is 3.23. The summed E-state index contributed by atoms with van der Waals surface area (Å²) in [6.45, 7) is 4.98. The van der Waals surface area contributed by atoms with Crippen LogP contribution in [0, 0.1) is 11.3 Å². The minimum absolute atomic E-state index is 0.144. The van der Waals surface area contributed by atoms with Crippen molar-refractivity contribution < 1.29 is 23.5 Å². The Morgan fingerprint density at radius 3 is 2.64 bits per heavy atom. The molecule has 2 N–H and O–H groups in total. The average molecular weight is 538 g/mol. The van der Waals surface area contributed by atoms with Gasteiger partial charge >= 0.3 is 0 Å². The molecule has 0 bridgehead atoms. The van der Waals surface area contributed by atoms with Gasteiger partial charge in [0, 0.05) is 55.8 Å². The molecule has 204 valence electrons. The second kappa shape index (κ2) is 8.57. The van der Waals surface area contributed by atoms with Crippen LogP contribution in [-0.2, 0) is 37.8 Å². The number of anilines is 2. The summed E-state index contributed by atoms with van der Waals surface area (Å²) in [6.07, 6.45) is 4.32. The number of fused-ring (bicyclic) bond motifs is 3. The molecule has 1 saturated carbocycles. The maximum absolute atomic E-state index is 13.6. The third kappa shape index (κ3) is 4.15. The van der Waals surface area contributed by atoms with E-state index in [-0.39, 0.29) is 17.0 Å². The monoisotopic (exact) mass is 537 g/mol. The van der Waals surface area contributed by atoms with Crippen LogP contribution >= 0.6 is 0 Å². The maximum Gasteiger partial charge on any atom is 0.276 e. The highest BCUT2D eigenvalue weighted by Crippen LogP contribution is 2.49. The van der Waals surface area contributed by atoms with E-state index < -0.39 is 36.3 Å². The zero-order valence-corrected chi connectivity index (χ0v) is 21.9. The molecule has 1 atom stereocenters. The zero-order chi connectivity index (χ0) is 27.9. The fourth-order valence-electron chi connectivity index (χ4n) is 5.92. The number of aromatic nitrogens is 3. The number of carbonyl (C=O) groups is 2. The minimum Gasteiger partial charge on any atom is -0.392 e. The van der Waals surface area contributed by atoms with Crippen molar-refractivity contribution in [2.75, 3.05) is 16.8 Å². The van der Waals surface area contributed by atoms with Crippen LogP contribution in [0.4, 0.5) is 20.3 Å². The van der Waals surface area contributed by atoms with Gasteiger partial charge < -0.3 is 19.6 Å². The number of nitrogens with one attached hydrogen (secondary N) is 1. The number of halogens is 2. The van der Waals surface area contributed by atoms with E-state index in [2.05, 4.69) is 28.7 Å². The molecule has 11 heteroatoms. The van der Waals surface area contributed by atoms with Crippen LogP contribution < -0.4 is 15.8 Å². The van der Waals surface area contributed by atoms with Gasteiger partial charge in [0.25, 0.3) is 17.4 Å². The SMILES string of the molecule is Cn1cc(-c2ccnc(N3CCn4c(cc5c4CC(C)(C)C5)C3=O)c2CO)cc(NC(=O)C2CC2(F)F)c1=O. The fourth-order valence-corrected chi connectivity index (χ4v) is 5.92. The lowest BCUT2D eigenvalue weighted by Gasteiger charge is -2.31. The molecule has 1 aliphatic heterocycles. The summed E-state index contributed by atoms with van der Waals surface area (Å²) >= 11 is 0. The number of rotatable bonds is 5. The molecule has 0 radical (unpaired) electrons. The third-order valence-corrected chi connectivity index (χ3v) is 7.97. The number of carbonyl (C=O) groups excluding carboxylic acids is 2. The molecule has 1 fully saturated rings. The van der Waals surface area contributed by atoms with Crippen molar-refractivity contribution in [3.05, 3.63) is 63.5 Å². The normalized spacial score (nSPS) is 20.5.